The lowest BCUT2D eigenvalue weighted by atomic mass is 10.1. The highest BCUT2D eigenvalue weighted by Gasteiger charge is 2.04. The van der Waals surface area contributed by atoms with Gasteiger partial charge in [-0.25, -0.2) is 4.99 Å². The molecule has 0 aliphatic carbocycles. The van der Waals surface area contributed by atoms with Crippen molar-refractivity contribution in [1.29, 1.82) is 0 Å². The van der Waals surface area contributed by atoms with Gasteiger partial charge in [0.15, 0.2) is 0 Å². The van der Waals surface area contributed by atoms with Crippen molar-refractivity contribution in [2.45, 2.75) is 19.4 Å². The molecule has 0 aliphatic heterocycles. The molecule has 0 aliphatic rings. The number of halogens is 1. The van der Waals surface area contributed by atoms with Gasteiger partial charge >= 0.3 is 0 Å². The van der Waals surface area contributed by atoms with Crippen molar-refractivity contribution in [2.24, 2.45) is 15.7 Å². The maximum atomic E-state index is 6.07. The van der Waals surface area contributed by atoms with E-state index in [0.717, 1.165) is 6.42 Å². The summed E-state index contributed by atoms with van der Waals surface area (Å²) in [5.41, 5.74) is 8.55. The van der Waals surface area contributed by atoms with Gasteiger partial charge in [-0.15, -0.1) is 0 Å². The summed E-state index contributed by atoms with van der Waals surface area (Å²) in [4.78, 5) is 12.0. The number of rotatable bonds is 5. The van der Waals surface area contributed by atoms with E-state index in [1.54, 1.807) is 25.7 Å². The Morgan fingerprint density at radius 2 is 1.92 bits per heavy atom. The van der Waals surface area contributed by atoms with Crippen LogP contribution in [0.15, 0.2) is 75.9 Å². The second-order valence-corrected chi connectivity index (χ2v) is 6.63. The molecule has 3 N–H and O–H groups in total. The van der Waals surface area contributed by atoms with Gasteiger partial charge in [-0.05, 0) is 52.5 Å². The number of hydrogen-bond donors (Lipinski definition) is 2. The van der Waals surface area contributed by atoms with Crippen LogP contribution >= 0.6 is 15.9 Å². The zero-order chi connectivity index (χ0) is 19.2. The predicted molar refractivity (Wildman–Crippen MR) is 115 cm³/mol. The van der Waals surface area contributed by atoms with Crippen LogP contribution in [0.25, 0.3) is 0 Å². The Hall–Kier alpha value is -2.31. The van der Waals surface area contributed by atoms with Crippen LogP contribution in [-0.4, -0.2) is 36.8 Å². The van der Waals surface area contributed by atoms with Crippen LogP contribution in [0.2, 0.25) is 0 Å². The molecule has 0 spiro atoms. The van der Waals surface area contributed by atoms with Gasteiger partial charge in [-0.3, -0.25) is 9.98 Å². The monoisotopic (exact) mass is 415 g/mol. The maximum absolute atomic E-state index is 6.07. The largest absolute Gasteiger partial charge is 0.353 e. The lowest BCUT2D eigenvalue weighted by molar-refractivity contribution is 0.642. The van der Waals surface area contributed by atoms with Crippen LogP contribution in [0.1, 0.15) is 11.1 Å². The van der Waals surface area contributed by atoms with Crippen molar-refractivity contribution < 1.29 is 0 Å². The third-order valence-electron chi connectivity index (χ3n) is 3.25. The number of hydrogen-bond acceptors (Lipinski definition) is 3. The topological polar surface area (TPSA) is 75.7 Å². The summed E-state index contributed by atoms with van der Waals surface area (Å²) in [6.07, 6.45) is 5.99. The average molecular weight is 416 g/mol. The number of benzene rings is 1. The molecule has 26 heavy (non-hydrogen) atoms. The molecule has 0 saturated carbocycles. The van der Waals surface area contributed by atoms with Gasteiger partial charge in [0.25, 0.3) is 0 Å². The lowest BCUT2D eigenvalue weighted by Gasteiger charge is -2.13. The SMILES string of the molecule is C=C(Br)/C=N\C(=NC)NC[C@@H](N)Cc1ccccc1.Cc1ccncc1. The van der Waals surface area contributed by atoms with Crippen LogP contribution < -0.4 is 11.1 Å². The second kappa shape index (κ2) is 13.0. The first kappa shape index (κ1) is 21.7. The smallest absolute Gasteiger partial charge is 0.217 e. The summed E-state index contributed by atoms with van der Waals surface area (Å²) in [6.45, 7) is 6.33. The molecule has 0 amide bonds. The fourth-order valence-electron chi connectivity index (χ4n) is 1.95. The number of aliphatic imine (C=N–C) groups is 2. The van der Waals surface area contributed by atoms with Crippen molar-refractivity contribution in [3.05, 3.63) is 77.0 Å². The number of guanidine groups is 1. The Morgan fingerprint density at radius 1 is 1.27 bits per heavy atom. The summed E-state index contributed by atoms with van der Waals surface area (Å²) < 4.78 is 0.698. The van der Waals surface area contributed by atoms with E-state index in [2.05, 4.69) is 54.9 Å². The van der Waals surface area contributed by atoms with Crippen LogP contribution in [-0.2, 0) is 6.42 Å². The number of pyridine rings is 1. The van der Waals surface area contributed by atoms with Gasteiger partial charge in [0, 0.05) is 42.7 Å². The zero-order valence-electron chi connectivity index (χ0n) is 15.3. The van der Waals surface area contributed by atoms with Gasteiger partial charge in [-0.2, -0.15) is 0 Å². The molecule has 138 valence electrons. The number of aryl methyl sites for hydroxylation is 1. The van der Waals surface area contributed by atoms with Crippen LogP contribution in [0.3, 0.4) is 0 Å². The minimum Gasteiger partial charge on any atom is -0.353 e. The number of nitrogens with one attached hydrogen (secondary N) is 1. The third-order valence-corrected chi connectivity index (χ3v) is 3.45. The first-order valence-electron chi connectivity index (χ1n) is 8.26. The van der Waals surface area contributed by atoms with Gasteiger partial charge < -0.3 is 11.1 Å². The van der Waals surface area contributed by atoms with E-state index in [4.69, 9.17) is 5.73 Å². The van der Waals surface area contributed by atoms with E-state index >= 15 is 0 Å². The van der Waals surface area contributed by atoms with Crippen molar-refractivity contribution in [3.8, 4) is 0 Å². The Morgan fingerprint density at radius 3 is 2.42 bits per heavy atom. The summed E-state index contributed by atoms with van der Waals surface area (Å²) >= 11 is 3.21. The molecule has 2 rings (SSSR count). The number of nitrogens with two attached hydrogens (primary N) is 1. The molecular formula is C20H26BrN5. The standard InChI is InChI=1S/C14H19BrN4.C6H7N/c1-11(15)9-18-14(17-2)19-10-13(16)8-12-6-4-3-5-7-12;1-6-2-4-7-5-3-6/h3-7,9,13H,1,8,10,16H2,2H3,(H,17,19);2-5H,1H3/b18-9-;/t13-;/m0./s1. The van der Waals surface area contributed by atoms with Crippen molar-refractivity contribution in [3.63, 3.8) is 0 Å². The van der Waals surface area contributed by atoms with E-state index in [0.29, 0.717) is 17.0 Å². The van der Waals surface area contributed by atoms with E-state index in [9.17, 15) is 0 Å². The van der Waals surface area contributed by atoms with Crippen molar-refractivity contribution in [1.82, 2.24) is 10.3 Å². The first-order valence-corrected chi connectivity index (χ1v) is 9.05. The second-order valence-electron chi connectivity index (χ2n) is 5.61. The fourth-order valence-corrected chi connectivity index (χ4v) is 2.05. The molecule has 0 fully saturated rings. The van der Waals surface area contributed by atoms with E-state index < -0.39 is 0 Å². The third kappa shape index (κ3) is 10.5. The molecule has 5 nitrogen and oxygen atoms in total. The number of nitrogens with zero attached hydrogens (tertiary/aromatic N) is 3. The molecule has 0 bridgehead atoms. The first-order chi connectivity index (χ1) is 12.5. The molecule has 0 unspecified atom stereocenters. The fraction of sp³-hybridized carbons (Fsp3) is 0.250. The molecule has 1 heterocycles. The highest BCUT2D eigenvalue weighted by atomic mass is 79.9. The van der Waals surface area contributed by atoms with E-state index in [1.807, 2.05) is 37.3 Å². The average Bonchev–Trinajstić information content (AvgIpc) is 2.63. The predicted octanol–water partition coefficient (Wildman–Crippen LogP) is 3.50. The molecule has 1 atom stereocenters. The quantitative estimate of drug-likeness (QED) is 0.579. The summed E-state index contributed by atoms with van der Waals surface area (Å²) in [7, 11) is 1.68. The Balaban J connectivity index is 0.000000401. The van der Waals surface area contributed by atoms with Gasteiger partial charge in [-0.1, -0.05) is 36.9 Å². The number of allylic oxidation sites excluding steroid dienone is 1. The molecule has 6 heteroatoms. The summed E-state index contributed by atoms with van der Waals surface area (Å²) in [6, 6.07) is 14.1. The minimum atomic E-state index is 0.0153. The lowest BCUT2D eigenvalue weighted by Crippen LogP contribution is -2.38. The van der Waals surface area contributed by atoms with E-state index in [1.165, 1.54) is 11.1 Å². The van der Waals surface area contributed by atoms with Crippen LogP contribution in [0.4, 0.5) is 0 Å². The summed E-state index contributed by atoms with van der Waals surface area (Å²) in [5, 5.41) is 3.11. The molecule has 1 aromatic heterocycles. The highest BCUT2D eigenvalue weighted by molar-refractivity contribution is 9.12. The molecule has 1 aromatic carbocycles. The van der Waals surface area contributed by atoms with Crippen LogP contribution in [0.5, 0.6) is 0 Å². The minimum absolute atomic E-state index is 0.0153. The molecule has 2 aromatic rings. The Labute approximate surface area is 164 Å². The molecular weight excluding hydrogens is 390 g/mol. The van der Waals surface area contributed by atoms with Crippen molar-refractivity contribution in [2.75, 3.05) is 13.6 Å². The highest BCUT2D eigenvalue weighted by Crippen LogP contribution is 2.01. The zero-order valence-corrected chi connectivity index (χ0v) is 16.9. The molecule has 0 radical (unpaired) electrons. The van der Waals surface area contributed by atoms with Crippen molar-refractivity contribution >= 4 is 28.1 Å². The number of aromatic nitrogens is 1. The van der Waals surface area contributed by atoms with Gasteiger partial charge in [0.2, 0.25) is 5.96 Å². The Kier molecular flexibility index (Phi) is 10.8. The molecule has 0 saturated heterocycles. The maximum Gasteiger partial charge on any atom is 0.217 e. The van der Waals surface area contributed by atoms with Gasteiger partial charge in [0.1, 0.15) is 0 Å². The van der Waals surface area contributed by atoms with E-state index in [-0.39, 0.29) is 6.04 Å². The Bertz CT molecular complexity index is 699. The van der Waals surface area contributed by atoms with Gasteiger partial charge in [0.05, 0.1) is 0 Å². The van der Waals surface area contributed by atoms with Crippen LogP contribution in [0, 0.1) is 6.92 Å². The summed E-state index contributed by atoms with van der Waals surface area (Å²) in [5.74, 6) is 0.545. The normalized spacial score (nSPS) is 12.2.